The van der Waals surface area contributed by atoms with E-state index in [-0.39, 0.29) is 0 Å². The van der Waals surface area contributed by atoms with Gasteiger partial charge < -0.3 is 9.30 Å². The van der Waals surface area contributed by atoms with Crippen LogP contribution in [0, 0.1) is 6.92 Å². The van der Waals surface area contributed by atoms with Crippen LogP contribution in [0.15, 0.2) is 66.7 Å². The molecule has 4 aromatic rings. The van der Waals surface area contributed by atoms with Gasteiger partial charge in [-0.25, -0.2) is 4.98 Å². The molecule has 0 fully saturated rings. The van der Waals surface area contributed by atoms with Gasteiger partial charge >= 0.3 is 0 Å². The molecule has 4 nitrogen and oxygen atoms in total. The van der Waals surface area contributed by atoms with Crippen molar-refractivity contribution >= 4 is 11.3 Å². The second kappa shape index (κ2) is 13.6. The molecule has 0 aliphatic heterocycles. The molecule has 0 saturated heterocycles. The summed E-state index contributed by atoms with van der Waals surface area (Å²) >= 11 is 1.84. The van der Waals surface area contributed by atoms with Crippen LogP contribution in [0.25, 0.3) is 22.0 Å². The maximum Gasteiger partial charge on any atom is 0.140 e. The molecule has 2 aromatic heterocycles. The average Bonchev–Trinajstić information content (AvgIpc) is 3.50. The Kier molecular flexibility index (Phi) is 9.98. The Balaban J connectivity index is 1.76. The zero-order chi connectivity index (χ0) is 26.0. The predicted molar refractivity (Wildman–Crippen MR) is 157 cm³/mol. The molecule has 2 heterocycles. The maximum absolute atomic E-state index is 5.79. The van der Waals surface area contributed by atoms with E-state index in [0.29, 0.717) is 6.61 Å². The lowest BCUT2D eigenvalue weighted by atomic mass is 10.1. The fraction of sp³-hybridized carbons (Fsp3) is 0.406. The topological polar surface area (TPSA) is 30.3 Å². The summed E-state index contributed by atoms with van der Waals surface area (Å²) in [5.74, 6) is 2.03. The summed E-state index contributed by atoms with van der Waals surface area (Å²) in [6, 6.07) is 23.7. The predicted octanol–water partition coefficient (Wildman–Crippen LogP) is 8.59. The van der Waals surface area contributed by atoms with E-state index in [1.165, 1.54) is 39.4 Å². The normalized spacial score (nSPS) is 11.4. The van der Waals surface area contributed by atoms with E-state index in [1.807, 2.05) is 24.3 Å². The smallest absolute Gasteiger partial charge is 0.140 e. The first-order valence-electron chi connectivity index (χ1n) is 13.8. The van der Waals surface area contributed by atoms with Gasteiger partial charge in [-0.3, -0.25) is 4.90 Å². The molecule has 0 saturated carbocycles. The number of hydrogen-bond donors (Lipinski definition) is 0. The highest BCUT2D eigenvalue weighted by molar-refractivity contribution is 7.15. The second-order valence-corrected chi connectivity index (χ2v) is 10.9. The summed E-state index contributed by atoms with van der Waals surface area (Å²) in [4.78, 5) is 10.5. The number of rotatable bonds is 14. The number of nitrogens with zero attached hydrogens (tertiary/aromatic N) is 3. The van der Waals surface area contributed by atoms with E-state index in [2.05, 4.69) is 90.9 Å². The molecule has 5 heteroatoms. The number of hydrogen-bond acceptors (Lipinski definition) is 4. The van der Waals surface area contributed by atoms with Gasteiger partial charge in [0, 0.05) is 30.1 Å². The zero-order valence-corrected chi connectivity index (χ0v) is 23.7. The van der Waals surface area contributed by atoms with Crippen molar-refractivity contribution in [3.63, 3.8) is 0 Å². The first-order chi connectivity index (χ1) is 18.1. The molecule has 0 aliphatic carbocycles. The molecule has 37 heavy (non-hydrogen) atoms. The highest BCUT2D eigenvalue weighted by Crippen LogP contribution is 2.35. The van der Waals surface area contributed by atoms with Crippen LogP contribution in [0.1, 0.15) is 62.6 Å². The van der Waals surface area contributed by atoms with Gasteiger partial charge in [-0.15, -0.1) is 11.3 Å². The molecular weight excluding hydrogens is 474 g/mol. The molecule has 4 rings (SSSR count). The molecule has 0 radical (unpaired) electrons. The van der Waals surface area contributed by atoms with Gasteiger partial charge in [0.05, 0.1) is 17.2 Å². The van der Waals surface area contributed by atoms with Crippen LogP contribution in [0.4, 0.5) is 0 Å². The minimum absolute atomic E-state index is 0.686. The van der Waals surface area contributed by atoms with Gasteiger partial charge in [-0.1, -0.05) is 69.2 Å². The van der Waals surface area contributed by atoms with Crippen LogP contribution in [0.2, 0.25) is 0 Å². The highest BCUT2D eigenvalue weighted by Gasteiger charge is 2.22. The van der Waals surface area contributed by atoms with Crippen LogP contribution in [-0.4, -0.2) is 27.6 Å². The third kappa shape index (κ3) is 7.12. The number of aromatic nitrogens is 2. The van der Waals surface area contributed by atoms with Gasteiger partial charge in [0.2, 0.25) is 0 Å². The molecule has 2 aromatic carbocycles. The molecule has 0 amide bonds. The SMILES string of the molecule is CCCCN(Cc1cccc(OCC)c1)Cc1c(-c2ccc(C)s2)nc(-c2ccccc2)n1CCCC. The second-order valence-electron chi connectivity index (χ2n) is 9.66. The minimum atomic E-state index is 0.686. The molecule has 196 valence electrons. The average molecular weight is 516 g/mol. The van der Waals surface area contributed by atoms with Crippen molar-refractivity contribution in [2.24, 2.45) is 0 Å². The molecule has 0 unspecified atom stereocenters. The van der Waals surface area contributed by atoms with Crippen LogP contribution in [0.5, 0.6) is 5.75 Å². The lowest BCUT2D eigenvalue weighted by Crippen LogP contribution is -2.26. The summed E-state index contributed by atoms with van der Waals surface area (Å²) < 4.78 is 8.29. The standard InChI is InChI=1S/C32H41N3OS/c1-5-8-20-34(23-26-14-13-17-28(22-26)36-7-3)24-29-31(30-19-18-25(4)37-30)33-32(35(29)21-9-6-2)27-15-11-10-12-16-27/h10-19,22H,5-9,20-21,23-24H2,1-4H3. The number of ether oxygens (including phenoxy) is 1. The molecule has 0 bridgehead atoms. The van der Waals surface area contributed by atoms with Crippen molar-refractivity contribution < 1.29 is 4.74 Å². The van der Waals surface area contributed by atoms with E-state index in [0.717, 1.165) is 56.3 Å². The van der Waals surface area contributed by atoms with Crippen molar-refractivity contribution in [2.75, 3.05) is 13.2 Å². The molecule has 0 N–H and O–H groups in total. The maximum atomic E-state index is 5.79. The fourth-order valence-electron chi connectivity index (χ4n) is 4.74. The first kappa shape index (κ1) is 27.2. The summed E-state index contributed by atoms with van der Waals surface area (Å²) in [7, 11) is 0. The fourth-order valence-corrected chi connectivity index (χ4v) is 5.62. The Hall–Kier alpha value is -2.89. The number of aryl methyl sites for hydroxylation is 1. The van der Waals surface area contributed by atoms with Gasteiger partial charge in [-0.2, -0.15) is 0 Å². The summed E-state index contributed by atoms with van der Waals surface area (Å²) in [5.41, 5.74) is 4.94. The van der Waals surface area contributed by atoms with Crippen molar-refractivity contribution in [3.8, 4) is 27.7 Å². The van der Waals surface area contributed by atoms with Crippen molar-refractivity contribution in [1.82, 2.24) is 14.5 Å². The minimum Gasteiger partial charge on any atom is -0.494 e. The van der Waals surface area contributed by atoms with Gasteiger partial charge in [0.25, 0.3) is 0 Å². The van der Waals surface area contributed by atoms with Crippen molar-refractivity contribution in [3.05, 3.63) is 82.9 Å². The Labute approximate surface area is 226 Å². The van der Waals surface area contributed by atoms with Crippen molar-refractivity contribution in [2.45, 2.75) is 73.0 Å². The van der Waals surface area contributed by atoms with Crippen LogP contribution >= 0.6 is 11.3 Å². The Morgan fingerprint density at radius 2 is 1.70 bits per heavy atom. The summed E-state index contributed by atoms with van der Waals surface area (Å²) in [6.07, 6.45) is 4.64. The molecule has 0 atom stereocenters. The van der Waals surface area contributed by atoms with E-state index in [1.54, 1.807) is 0 Å². The van der Waals surface area contributed by atoms with Crippen LogP contribution in [0.3, 0.4) is 0 Å². The summed E-state index contributed by atoms with van der Waals surface area (Å²) in [6.45, 7) is 13.2. The molecule has 0 spiro atoms. The van der Waals surface area contributed by atoms with Gasteiger partial charge in [0.15, 0.2) is 0 Å². The Morgan fingerprint density at radius 1 is 0.892 bits per heavy atom. The number of benzene rings is 2. The zero-order valence-electron chi connectivity index (χ0n) is 22.9. The monoisotopic (exact) mass is 515 g/mol. The Morgan fingerprint density at radius 3 is 2.41 bits per heavy atom. The quantitative estimate of drug-likeness (QED) is 0.168. The lowest BCUT2D eigenvalue weighted by molar-refractivity contribution is 0.245. The van der Waals surface area contributed by atoms with Crippen molar-refractivity contribution in [1.29, 1.82) is 0 Å². The highest BCUT2D eigenvalue weighted by atomic mass is 32.1. The third-order valence-corrected chi connectivity index (χ3v) is 7.64. The number of unbranched alkanes of at least 4 members (excludes halogenated alkanes) is 2. The van der Waals surface area contributed by atoms with E-state index in [4.69, 9.17) is 9.72 Å². The largest absolute Gasteiger partial charge is 0.494 e. The summed E-state index contributed by atoms with van der Waals surface area (Å²) in [5, 5.41) is 0. The van der Waals surface area contributed by atoms with E-state index >= 15 is 0 Å². The van der Waals surface area contributed by atoms with Gasteiger partial charge in [0.1, 0.15) is 17.3 Å². The molecular formula is C32H41N3OS. The van der Waals surface area contributed by atoms with Crippen LogP contribution in [-0.2, 0) is 19.6 Å². The number of imidazole rings is 1. The van der Waals surface area contributed by atoms with E-state index in [9.17, 15) is 0 Å². The van der Waals surface area contributed by atoms with Crippen LogP contribution < -0.4 is 4.74 Å². The van der Waals surface area contributed by atoms with Gasteiger partial charge in [-0.05, 0) is 63.1 Å². The molecule has 0 aliphatic rings. The third-order valence-electron chi connectivity index (χ3n) is 6.63. The van der Waals surface area contributed by atoms with E-state index < -0.39 is 0 Å². The number of thiophene rings is 1. The Bertz CT molecular complexity index is 1240. The lowest BCUT2D eigenvalue weighted by Gasteiger charge is -2.24. The first-order valence-corrected chi connectivity index (χ1v) is 14.6.